The van der Waals surface area contributed by atoms with Crippen LogP contribution in [0.3, 0.4) is 0 Å². The number of aromatic nitrogens is 4. The van der Waals surface area contributed by atoms with Gasteiger partial charge < -0.3 is 11.1 Å². The van der Waals surface area contributed by atoms with Gasteiger partial charge in [-0.3, -0.25) is 5.10 Å². The molecule has 0 bridgehead atoms. The number of alkyl halides is 3. The molecule has 2 heterocycles. The zero-order valence-corrected chi connectivity index (χ0v) is 15.4. The molecule has 6 nitrogen and oxygen atoms in total. The van der Waals surface area contributed by atoms with Crippen LogP contribution in [0.1, 0.15) is 28.9 Å². The standard InChI is InChI=1S/C20H19F3N6/c21-20(22,23)15-7-3-1-5-13(15)18-25-12(9-10-24)11-17(26-18)27-19-14-6-2-4-8-16(14)28-29-19/h1,3-5,7-8,11H,2,6,9-10,24H2,(H2,25,26,27,28,29). The zero-order chi connectivity index (χ0) is 20.4. The summed E-state index contributed by atoms with van der Waals surface area (Å²) in [6, 6.07) is 6.96. The van der Waals surface area contributed by atoms with Gasteiger partial charge in [0, 0.05) is 29.3 Å². The Bertz CT molecular complexity index is 1050. The summed E-state index contributed by atoms with van der Waals surface area (Å²) in [5.41, 5.74) is 7.27. The summed E-state index contributed by atoms with van der Waals surface area (Å²) in [6.45, 7) is 0.319. The molecule has 0 unspecified atom stereocenters. The van der Waals surface area contributed by atoms with E-state index in [1.807, 2.05) is 6.08 Å². The van der Waals surface area contributed by atoms with Crippen molar-refractivity contribution in [1.29, 1.82) is 0 Å². The molecular weight excluding hydrogens is 381 g/mol. The molecule has 9 heteroatoms. The molecule has 3 aromatic rings. The molecule has 1 aliphatic rings. The zero-order valence-electron chi connectivity index (χ0n) is 15.4. The minimum atomic E-state index is -4.51. The highest BCUT2D eigenvalue weighted by Crippen LogP contribution is 2.36. The van der Waals surface area contributed by atoms with E-state index in [0.717, 1.165) is 30.2 Å². The van der Waals surface area contributed by atoms with Gasteiger partial charge in [0.25, 0.3) is 0 Å². The minimum absolute atomic E-state index is 0.00401. The lowest BCUT2D eigenvalue weighted by Gasteiger charge is -2.14. The lowest BCUT2D eigenvalue weighted by molar-refractivity contribution is -0.137. The number of H-pyrrole nitrogens is 1. The molecule has 1 aromatic carbocycles. The van der Waals surface area contributed by atoms with Crippen molar-refractivity contribution >= 4 is 17.7 Å². The molecule has 4 N–H and O–H groups in total. The summed E-state index contributed by atoms with van der Waals surface area (Å²) in [7, 11) is 0. The van der Waals surface area contributed by atoms with Gasteiger partial charge in [0.1, 0.15) is 5.82 Å². The Balaban J connectivity index is 1.77. The van der Waals surface area contributed by atoms with Crippen molar-refractivity contribution in [3.8, 4) is 11.4 Å². The second-order valence-electron chi connectivity index (χ2n) is 6.68. The molecule has 0 fully saturated rings. The van der Waals surface area contributed by atoms with Gasteiger partial charge in [-0.15, -0.1) is 0 Å². The van der Waals surface area contributed by atoms with Crippen LogP contribution in [0.4, 0.5) is 24.8 Å². The average molecular weight is 400 g/mol. The third-order valence-corrected chi connectivity index (χ3v) is 4.64. The predicted octanol–water partition coefficient (Wildman–Crippen LogP) is 4.09. The Labute approximate surface area is 165 Å². The number of hydrogen-bond acceptors (Lipinski definition) is 5. The van der Waals surface area contributed by atoms with Crippen molar-refractivity contribution < 1.29 is 13.2 Å². The third-order valence-electron chi connectivity index (χ3n) is 4.64. The van der Waals surface area contributed by atoms with Crippen molar-refractivity contribution in [2.24, 2.45) is 5.73 Å². The van der Waals surface area contributed by atoms with Crippen molar-refractivity contribution in [2.75, 3.05) is 11.9 Å². The minimum Gasteiger partial charge on any atom is -0.330 e. The molecule has 0 saturated heterocycles. The predicted molar refractivity (Wildman–Crippen MR) is 104 cm³/mol. The molecule has 0 aliphatic heterocycles. The lowest BCUT2D eigenvalue weighted by Crippen LogP contribution is -2.11. The van der Waals surface area contributed by atoms with Crippen LogP contribution in [0.25, 0.3) is 17.5 Å². The molecule has 0 amide bonds. The summed E-state index contributed by atoms with van der Waals surface area (Å²) in [6.07, 6.45) is 1.63. The van der Waals surface area contributed by atoms with E-state index < -0.39 is 11.7 Å². The largest absolute Gasteiger partial charge is 0.417 e. The van der Waals surface area contributed by atoms with E-state index in [-0.39, 0.29) is 11.4 Å². The van der Waals surface area contributed by atoms with Gasteiger partial charge in [-0.25, -0.2) is 9.97 Å². The number of allylic oxidation sites excluding steroid dienone is 1. The van der Waals surface area contributed by atoms with Crippen LogP contribution in [0, 0.1) is 0 Å². The first-order valence-electron chi connectivity index (χ1n) is 9.21. The van der Waals surface area contributed by atoms with Crippen molar-refractivity contribution in [2.45, 2.75) is 25.4 Å². The van der Waals surface area contributed by atoms with Crippen LogP contribution in [0.15, 0.2) is 36.4 Å². The average Bonchev–Trinajstić information content (AvgIpc) is 3.10. The molecule has 2 aromatic heterocycles. The number of fused-ring (bicyclic) bond motifs is 1. The highest BCUT2D eigenvalue weighted by atomic mass is 19.4. The number of nitrogens with zero attached hydrogens (tertiary/aromatic N) is 3. The van der Waals surface area contributed by atoms with Crippen LogP contribution in [0.5, 0.6) is 0 Å². The lowest BCUT2D eigenvalue weighted by atomic mass is 10.0. The van der Waals surface area contributed by atoms with Crippen LogP contribution in [0.2, 0.25) is 0 Å². The molecule has 0 atom stereocenters. The van der Waals surface area contributed by atoms with E-state index in [2.05, 4.69) is 31.6 Å². The highest BCUT2D eigenvalue weighted by molar-refractivity contribution is 5.67. The van der Waals surface area contributed by atoms with Gasteiger partial charge in [0.05, 0.1) is 11.3 Å². The fourth-order valence-corrected chi connectivity index (χ4v) is 3.31. The first kappa shape index (κ1) is 19.1. The topological polar surface area (TPSA) is 92.5 Å². The molecule has 150 valence electrons. The van der Waals surface area contributed by atoms with E-state index >= 15 is 0 Å². The summed E-state index contributed by atoms with van der Waals surface area (Å²) >= 11 is 0. The number of benzene rings is 1. The summed E-state index contributed by atoms with van der Waals surface area (Å²) in [5, 5.41) is 10.4. The Kier molecular flexibility index (Phi) is 5.06. The second-order valence-corrected chi connectivity index (χ2v) is 6.68. The first-order chi connectivity index (χ1) is 14.0. The normalized spacial score (nSPS) is 13.4. The van der Waals surface area contributed by atoms with E-state index in [0.29, 0.717) is 30.3 Å². The maximum atomic E-state index is 13.5. The monoisotopic (exact) mass is 400 g/mol. The maximum Gasteiger partial charge on any atom is 0.417 e. The Hall–Kier alpha value is -3.20. The number of hydrogen-bond donors (Lipinski definition) is 3. The van der Waals surface area contributed by atoms with Crippen molar-refractivity contribution in [1.82, 2.24) is 20.2 Å². The van der Waals surface area contributed by atoms with Crippen LogP contribution in [-0.4, -0.2) is 26.7 Å². The molecule has 4 rings (SSSR count). The quantitative estimate of drug-likeness (QED) is 0.600. The van der Waals surface area contributed by atoms with Gasteiger partial charge in [-0.1, -0.05) is 24.3 Å². The van der Waals surface area contributed by atoms with Gasteiger partial charge in [0.15, 0.2) is 11.6 Å². The summed E-state index contributed by atoms with van der Waals surface area (Å²) in [4.78, 5) is 8.66. The fourth-order valence-electron chi connectivity index (χ4n) is 3.31. The fraction of sp³-hybridized carbons (Fsp3) is 0.250. The second kappa shape index (κ2) is 7.67. The number of nitrogens with two attached hydrogens (primary N) is 1. The summed E-state index contributed by atoms with van der Waals surface area (Å²) < 4.78 is 40.4. The van der Waals surface area contributed by atoms with E-state index in [1.54, 1.807) is 6.07 Å². The molecule has 0 spiro atoms. The van der Waals surface area contributed by atoms with E-state index in [1.165, 1.54) is 18.2 Å². The Morgan fingerprint density at radius 3 is 2.79 bits per heavy atom. The third kappa shape index (κ3) is 4.00. The van der Waals surface area contributed by atoms with Gasteiger partial charge in [0.2, 0.25) is 0 Å². The molecule has 29 heavy (non-hydrogen) atoms. The SMILES string of the molecule is NCCc1cc(Nc2n[nH]c3c2CCC=C3)nc(-c2ccccc2C(F)(F)F)n1. The smallest absolute Gasteiger partial charge is 0.330 e. The van der Waals surface area contributed by atoms with Crippen LogP contribution in [-0.2, 0) is 19.0 Å². The van der Waals surface area contributed by atoms with Crippen molar-refractivity contribution in [3.05, 3.63) is 58.9 Å². The number of aromatic amines is 1. The summed E-state index contributed by atoms with van der Waals surface area (Å²) in [5.74, 6) is 0.978. The number of rotatable bonds is 5. The van der Waals surface area contributed by atoms with Gasteiger partial charge >= 0.3 is 6.18 Å². The van der Waals surface area contributed by atoms with Gasteiger partial charge in [-0.05, 0) is 31.5 Å². The Morgan fingerprint density at radius 1 is 1.17 bits per heavy atom. The number of halogens is 3. The number of anilines is 2. The van der Waals surface area contributed by atoms with E-state index in [4.69, 9.17) is 5.73 Å². The van der Waals surface area contributed by atoms with Gasteiger partial charge in [-0.2, -0.15) is 18.3 Å². The first-order valence-corrected chi connectivity index (χ1v) is 9.21. The molecular formula is C20H19F3N6. The maximum absolute atomic E-state index is 13.5. The molecule has 1 aliphatic carbocycles. The highest BCUT2D eigenvalue weighted by Gasteiger charge is 2.34. The molecule has 0 radical (unpaired) electrons. The van der Waals surface area contributed by atoms with Crippen LogP contribution < -0.4 is 11.1 Å². The van der Waals surface area contributed by atoms with Crippen LogP contribution >= 0.6 is 0 Å². The number of nitrogens with one attached hydrogen (secondary N) is 2. The van der Waals surface area contributed by atoms with E-state index in [9.17, 15) is 13.2 Å². The van der Waals surface area contributed by atoms with Crippen molar-refractivity contribution in [3.63, 3.8) is 0 Å². The Morgan fingerprint density at radius 2 is 2.00 bits per heavy atom. The molecule has 0 saturated carbocycles.